The van der Waals surface area contributed by atoms with Crippen molar-refractivity contribution in [3.8, 4) is 5.69 Å². The van der Waals surface area contributed by atoms with Crippen LogP contribution in [0.25, 0.3) is 5.69 Å². The first-order valence-electron chi connectivity index (χ1n) is 7.97. The van der Waals surface area contributed by atoms with E-state index in [-0.39, 0.29) is 22.9 Å². The Morgan fingerprint density at radius 2 is 1.96 bits per heavy atom. The molecule has 1 heterocycles. The second kappa shape index (κ2) is 7.81. The second-order valence-corrected chi connectivity index (χ2v) is 8.52. The lowest BCUT2D eigenvalue weighted by atomic mass is 10.2. The molecule has 0 saturated carbocycles. The summed E-state index contributed by atoms with van der Waals surface area (Å²) in [4.78, 5) is 0.272. The highest BCUT2D eigenvalue weighted by Crippen LogP contribution is 2.29. The van der Waals surface area contributed by atoms with Crippen LogP contribution in [0.2, 0.25) is 5.02 Å². The minimum atomic E-state index is -3.74. The molecule has 142 valence electrons. The van der Waals surface area contributed by atoms with E-state index in [4.69, 9.17) is 28.9 Å². The van der Waals surface area contributed by atoms with Crippen LogP contribution < -0.4 is 5.32 Å². The van der Waals surface area contributed by atoms with Gasteiger partial charge in [0, 0.05) is 11.6 Å². The summed E-state index contributed by atoms with van der Waals surface area (Å²) < 4.78 is 28.0. The predicted molar refractivity (Wildman–Crippen MR) is 106 cm³/mol. The molecule has 0 aliphatic carbocycles. The Bertz CT molecular complexity index is 1140. The van der Waals surface area contributed by atoms with Crippen LogP contribution in [-0.2, 0) is 9.84 Å². The molecular weight excluding hydrogens is 408 g/mol. The Hall–Kier alpha value is -2.20. The summed E-state index contributed by atoms with van der Waals surface area (Å²) in [5.41, 5.74) is 1.81. The predicted octanol–water partition coefficient (Wildman–Crippen LogP) is 3.13. The van der Waals surface area contributed by atoms with Gasteiger partial charge in [-0.3, -0.25) is 9.67 Å². The van der Waals surface area contributed by atoms with Crippen molar-refractivity contribution in [2.45, 2.75) is 16.7 Å². The number of aromatic nitrogens is 3. The van der Waals surface area contributed by atoms with Crippen molar-refractivity contribution in [2.75, 3.05) is 18.5 Å². The molecule has 0 atom stereocenters. The van der Waals surface area contributed by atoms with Crippen molar-refractivity contribution < 1.29 is 13.5 Å². The van der Waals surface area contributed by atoms with Gasteiger partial charge in [0.25, 0.3) is 0 Å². The molecule has 0 spiro atoms. The van der Waals surface area contributed by atoms with Crippen LogP contribution >= 0.6 is 23.8 Å². The number of halogens is 1. The van der Waals surface area contributed by atoms with Gasteiger partial charge >= 0.3 is 0 Å². The first-order valence-corrected chi connectivity index (χ1v) is 10.2. The fourth-order valence-electron chi connectivity index (χ4n) is 2.56. The average Bonchev–Trinajstić information content (AvgIpc) is 3.07. The Morgan fingerprint density at radius 3 is 2.59 bits per heavy atom. The summed E-state index contributed by atoms with van der Waals surface area (Å²) in [6.07, 6.45) is 1.50. The van der Waals surface area contributed by atoms with Gasteiger partial charge in [-0.15, -0.1) is 0 Å². The van der Waals surface area contributed by atoms with E-state index in [1.54, 1.807) is 29.7 Å². The molecule has 0 radical (unpaired) electrons. The topological polar surface area (TPSA) is 100 Å². The second-order valence-electron chi connectivity index (χ2n) is 5.78. The van der Waals surface area contributed by atoms with Gasteiger partial charge in [0.1, 0.15) is 6.33 Å². The largest absolute Gasteiger partial charge is 0.395 e. The molecule has 0 unspecified atom stereocenters. The number of aliphatic hydroxyl groups excluding tert-OH is 1. The third-order valence-electron chi connectivity index (χ3n) is 3.96. The lowest BCUT2D eigenvalue weighted by Crippen LogP contribution is -2.10. The van der Waals surface area contributed by atoms with Gasteiger partial charge < -0.3 is 10.4 Å². The molecule has 3 N–H and O–H groups in total. The summed E-state index contributed by atoms with van der Waals surface area (Å²) in [7, 11) is -3.74. The number of nitrogens with one attached hydrogen (secondary N) is 2. The smallest absolute Gasteiger partial charge is 0.206 e. The van der Waals surface area contributed by atoms with Crippen LogP contribution in [0, 0.1) is 11.7 Å². The van der Waals surface area contributed by atoms with E-state index in [1.165, 1.54) is 24.5 Å². The van der Waals surface area contributed by atoms with Crippen molar-refractivity contribution in [1.29, 1.82) is 0 Å². The maximum absolute atomic E-state index is 13.0. The quantitative estimate of drug-likeness (QED) is 0.525. The van der Waals surface area contributed by atoms with Gasteiger partial charge in [0.2, 0.25) is 9.84 Å². The summed E-state index contributed by atoms with van der Waals surface area (Å²) >= 11 is 11.2. The zero-order valence-electron chi connectivity index (χ0n) is 14.3. The highest BCUT2D eigenvalue weighted by atomic mass is 35.5. The highest BCUT2D eigenvalue weighted by molar-refractivity contribution is 7.91. The molecule has 1 aromatic heterocycles. The number of anilines is 1. The van der Waals surface area contributed by atoms with Crippen molar-refractivity contribution in [2.24, 2.45) is 0 Å². The van der Waals surface area contributed by atoms with Crippen molar-refractivity contribution in [1.82, 2.24) is 14.8 Å². The SMILES string of the molecule is Cc1cc(S(=O)(=O)c2ccc(-n3cn[nH]c3=S)c(NCCO)c2)ccc1Cl. The monoisotopic (exact) mass is 424 g/mol. The van der Waals surface area contributed by atoms with E-state index < -0.39 is 9.84 Å². The number of H-pyrrole nitrogens is 1. The van der Waals surface area contributed by atoms with E-state index in [0.717, 1.165) is 0 Å². The maximum atomic E-state index is 13.0. The van der Waals surface area contributed by atoms with E-state index in [2.05, 4.69) is 15.5 Å². The Balaban J connectivity index is 2.12. The maximum Gasteiger partial charge on any atom is 0.206 e. The molecule has 3 aromatic rings. The number of rotatable bonds is 6. The molecule has 0 amide bonds. The minimum absolute atomic E-state index is 0.108. The zero-order valence-corrected chi connectivity index (χ0v) is 16.7. The number of benzene rings is 2. The average molecular weight is 425 g/mol. The Labute approximate surface area is 166 Å². The third-order valence-corrected chi connectivity index (χ3v) is 6.42. The molecule has 0 aliphatic rings. The van der Waals surface area contributed by atoms with E-state index >= 15 is 0 Å². The number of aryl methyl sites for hydroxylation is 1. The molecule has 0 fully saturated rings. The van der Waals surface area contributed by atoms with Gasteiger partial charge in [0.05, 0.1) is 27.8 Å². The minimum Gasteiger partial charge on any atom is -0.395 e. The standard InChI is InChI=1S/C17H17ClN4O3S2/c1-11-8-12(2-4-14(11)18)27(24,25)13-3-5-16(15(9-13)19-6-7-23)22-10-20-21-17(22)26/h2-5,8-10,19,23H,6-7H2,1H3,(H,21,26). The van der Waals surface area contributed by atoms with Crippen LogP contribution in [0.1, 0.15) is 5.56 Å². The molecule has 0 bridgehead atoms. The van der Waals surface area contributed by atoms with Crippen molar-refractivity contribution in [3.05, 3.63) is 58.1 Å². The van der Waals surface area contributed by atoms with E-state index in [0.29, 0.717) is 26.7 Å². The van der Waals surface area contributed by atoms with Gasteiger partial charge in [-0.1, -0.05) is 11.6 Å². The summed E-state index contributed by atoms with van der Waals surface area (Å²) in [6.45, 7) is 1.89. The van der Waals surface area contributed by atoms with E-state index in [1.807, 2.05) is 0 Å². The lowest BCUT2D eigenvalue weighted by molar-refractivity contribution is 0.311. The van der Waals surface area contributed by atoms with Gasteiger partial charge in [0.15, 0.2) is 4.77 Å². The van der Waals surface area contributed by atoms with Crippen LogP contribution in [0.15, 0.2) is 52.5 Å². The molecule has 7 nitrogen and oxygen atoms in total. The molecule has 27 heavy (non-hydrogen) atoms. The molecule has 0 saturated heterocycles. The first kappa shape index (κ1) is 19.6. The van der Waals surface area contributed by atoms with Crippen LogP contribution in [0.5, 0.6) is 0 Å². The molecular formula is C17H17ClN4O3S2. The summed E-state index contributed by atoms with van der Waals surface area (Å²) in [5.74, 6) is 0. The molecule has 10 heteroatoms. The third kappa shape index (κ3) is 3.91. The van der Waals surface area contributed by atoms with E-state index in [9.17, 15) is 8.42 Å². The number of nitrogens with zero attached hydrogens (tertiary/aromatic N) is 2. The number of aliphatic hydroxyl groups is 1. The zero-order chi connectivity index (χ0) is 19.6. The number of aromatic amines is 1. The fourth-order valence-corrected chi connectivity index (χ4v) is 4.25. The fraction of sp³-hybridized carbons (Fsp3) is 0.176. The Morgan fingerprint density at radius 1 is 1.26 bits per heavy atom. The molecule has 2 aromatic carbocycles. The van der Waals surface area contributed by atoms with Crippen molar-refractivity contribution >= 4 is 39.3 Å². The van der Waals surface area contributed by atoms with Crippen LogP contribution in [0.4, 0.5) is 5.69 Å². The number of sulfone groups is 1. The highest BCUT2D eigenvalue weighted by Gasteiger charge is 2.20. The molecule has 3 rings (SSSR count). The van der Waals surface area contributed by atoms with Crippen LogP contribution in [0.3, 0.4) is 0 Å². The first-order chi connectivity index (χ1) is 12.8. The lowest BCUT2D eigenvalue weighted by Gasteiger charge is -2.14. The Kier molecular flexibility index (Phi) is 5.66. The summed E-state index contributed by atoms with van der Waals surface area (Å²) in [5, 5.41) is 19.2. The molecule has 0 aliphatic heterocycles. The van der Waals surface area contributed by atoms with Gasteiger partial charge in [-0.05, 0) is 61.1 Å². The normalized spacial score (nSPS) is 11.5. The van der Waals surface area contributed by atoms with Crippen molar-refractivity contribution in [3.63, 3.8) is 0 Å². The van der Waals surface area contributed by atoms with Gasteiger partial charge in [-0.25, -0.2) is 8.42 Å². The number of hydrogen-bond donors (Lipinski definition) is 3. The van der Waals surface area contributed by atoms with Gasteiger partial charge in [-0.2, -0.15) is 5.10 Å². The summed E-state index contributed by atoms with van der Waals surface area (Å²) in [6, 6.07) is 9.24. The van der Waals surface area contributed by atoms with Crippen LogP contribution in [-0.4, -0.2) is 41.4 Å². The number of hydrogen-bond acceptors (Lipinski definition) is 6.